The number of nitriles is 1. The number of aliphatic hydroxyl groups is 1. The smallest absolute Gasteiger partial charge is 0.311 e. The molecule has 0 unspecified atom stereocenters. The standard InChI is InChI=1S/C40H35BrCl2N6O6/c1-40(22-50,39(51)52)12-11-25-16-31(41)38(49-36(25)54-20-24-15-23(17-44)18-45-19-24)55-21-26-5-3-6-27(33(26)42)28-7-4-8-29(34(28)43)32-10-9-30(37(48-32)53-2)35-46-13-14-47-35/h3-10,15-16,18-19,50H,11-14,20-22H2,1-2H3,(H,46,47)(H,51,52)/t40-/m0/s1. The number of pyridine rings is 3. The summed E-state index contributed by atoms with van der Waals surface area (Å²) in [5, 5.41) is 33.0. The Morgan fingerprint density at radius 3 is 2.40 bits per heavy atom. The quantitative estimate of drug-likeness (QED) is 0.0944. The fraction of sp³-hybridized carbons (Fsp3) is 0.250. The third-order valence-corrected chi connectivity index (χ3v) is 10.5. The highest BCUT2D eigenvalue weighted by molar-refractivity contribution is 9.10. The highest BCUT2D eigenvalue weighted by Crippen LogP contribution is 2.41. The van der Waals surface area contributed by atoms with Crippen LogP contribution < -0.4 is 19.5 Å². The second-order valence-electron chi connectivity index (χ2n) is 12.9. The fourth-order valence-corrected chi connectivity index (χ4v) is 6.92. The molecule has 1 atom stereocenters. The van der Waals surface area contributed by atoms with Gasteiger partial charge in [-0.2, -0.15) is 10.2 Å². The first-order valence-corrected chi connectivity index (χ1v) is 18.6. The maximum absolute atomic E-state index is 11.9. The topological polar surface area (TPSA) is 172 Å². The first-order chi connectivity index (χ1) is 26.5. The molecule has 3 N–H and O–H groups in total. The van der Waals surface area contributed by atoms with Crippen LogP contribution in [0.1, 0.15) is 41.2 Å². The Hall–Kier alpha value is -5.26. The molecule has 5 aromatic rings. The summed E-state index contributed by atoms with van der Waals surface area (Å²) in [6.45, 7) is 2.45. The van der Waals surface area contributed by atoms with Crippen LogP contribution in [0.25, 0.3) is 22.4 Å². The number of methoxy groups -OCH3 is 1. The van der Waals surface area contributed by atoms with Crippen LogP contribution in [0.15, 0.2) is 82.5 Å². The number of carboxylic acid groups (broad SMARTS) is 1. The van der Waals surface area contributed by atoms with Gasteiger partial charge in [0.1, 0.15) is 25.1 Å². The molecular weight excluding hydrogens is 811 g/mol. The molecule has 4 heterocycles. The Morgan fingerprint density at radius 1 is 0.945 bits per heavy atom. The van der Waals surface area contributed by atoms with Crippen molar-refractivity contribution in [3.05, 3.63) is 115 Å². The summed E-state index contributed by atoms with van der Waals surface area (Å²) in [5.41, 5.74) is 4.36. The van der Waals surface area contributed by atoms with E-state index in [1.807, 2.05) is 48.5 Å². The van der Waals surface area contributed by atoms with E-state index < -0.39 is 18.0 Å². The van der Waals surface area contributed by atoms with Crippen molar-refractivity contribution < 1.29 is 29.2 Å². The number of aliphatic carboxylic acids is 1. The first-order valence-electron chi connectivity index (χ1n) is 17.1. The SMILES string of the molecule is COc1nc(-c2cccc(-c3cccc(COc4nc(OCc5cncc(C#N)c5)c(CC[C@@](C)(CO)C(=O)O)cc4Br)c3Cl)c2Cl)ccc1C1=NCCN1. The average Bonchev–Trinajstić information content (AvgIpc) is 3.74. The van der Waals surface area contributed by atoms with Crippen LogP contribution in [-0.4, -0.2) is 63.8 Å². The van der Waals surface area contributed by atoms with Crippen LogP contribution in [0.2, 0.25) is 10.0 Å². The van der Waals surface area contributed by atoms with Crippen LogP contribution in [0.5, 0.6) is 17.6 Å². The summed E-state index contributed by atoms with van der Waals surface area (Å²) < 4.78 is 18.4. The number of nitrogens with zero attached hydrogens (tertiary/aromatic N) is 5. The summed E-state index contributed by atoms with van der Waals surface area (Å²) in [4.78, 5) is 29.9. The largest absolute Gasteiger partial charge is 0.481 e. The molecule has 15 heteroatoms. The maximum Gasteiger partial charge on any atom is 0.311 e. The van der Waals surface area contributed by atoms with E-state index in [9.17, 15) is 20.3 Å². The van der Waals surface area contributed by atoms with Gasteiger partial charge in [0.15, 0.2) is 0 Å². The van der Waals surface area contributed by atoms with Crippen molar-refractivity contribution in [1.29, 1.82) is 5.26 Å². The van der Waals surface area contributed by atoms with Crippen molar-refractivity contribution in [2.24, 2.45) is 10.4 Å². The van der Waals surface area contributed by atoms with Gasteiger partial charge in [0.2, 0.25) is 17.6 Å². The second kappa shape index (κ2) is 17.5. The number of hydrogen-bond donors (Lipinski definition) is 3. The number of halogens is 3. The fourth-order valence-electron chi connectivity index (χ4n) is 5.83. The van der Waals surface area contributed by atoms with Crippen molar-refractivity contribution in [3.63, 3.8) is 0 Å². The van der Waals surface area contributed by atoms with Gasteiger partial charge in [0, 0.05) is 52.3 Å². The molecule has 3 aromatic heterocycles. The molecule has 0 saturated carbocycles. The predicted molar refractivity (Wildman–Crippen MR) is 212 cm³/mol. The Kier molecular flexibility index (Phi) is 12.5. The van der Waals surface area contributed by atoms with Gasteiger partial charge in [-0.05, 0) is 60.0 Å². The number of benzene rings is 2. The molecule has 0 spiro atoms. The Labute approximate surface area is 335 Å². The van der Waals surface area contributed by atoms with Gasteiger partial charge in [-0.15, -0.1) is 0 Å². The summed E-state index contributed by atoms with van der Waals surface area (Å²) in [6.07, 6.45) is 3.37. The minimum atomic E-state index is -1.37. The zero-order valence-corrected chi connectivity index (χ0v) is 32.9. The van der Waals surface area contributed by atoms with Gasteiger partial charge in [-0.25, -0.2) is 4.98 Å². The van der Waals surface area contributed by atoms with E-state index in [1.54, 1.807) is 25.4 Å². The maximum atomic E-state index is 11.9. The summed E-state index contributed by atoms with van der Waals surface area (Å²) in [7, 11) is 1.57. The summed E-state index contributed by atoms with van der Waals surface area (Å²) in [6, 6.07) is 20.5. The number of aliphatic hydroxyl groups excluding tert-OH is 1. The summed E-state index contributed by atoms with van der Waals surface area (Å²) in [5.74, 6) is 0.453. The molecule has 2 aromatic carbocycles. The number of ether oxygens (including phenoxy) is 3. The Morgan fingerprint density at radius 2 is 1.69 bits per heavy atom. The minimum Gasteiger partial charge on any atom is -0.481 e. The van der Waals surface area contributed by atoms with Gasteiger partial charge in [0.25, 0.3) is 0 Å². The molecule has 0 bridgehead atoms. The zero-order valence-electron chi connectivity index (χ0n) is 29.8. The third-order valence-electron chi connectivity index (χ3n) is 9.08. The van der Waals surface area contributed by atoms with E-state index in [0.29, 0.717) is 71.6 Å². The Bertz CT molecular complexity index is 2320. The summed E-state index contributed by atoms with van der Waals surface area (Å²) >= 11 is 17.6. The highest BCUT2D eigenvalue weighted by atomic mass is 79.9. The lowest BCUT2D eigenvalue weighted by molar-refractivity contribution is -0.150. The third kappa shape index (κ3) is 8.84. The van der Waals surface area contributed by atoms with E-state index in [-0.39, 0.29) is 37.8 Å². The molecule has 282 valence electrons. The van der Waals surface area contributed by atoms with Gasteiger partial charge in [-0.1, -0.05) is 59.6 Å². The van der Waals surface area contributed by atoms with Crippen LogP contribution in [-0.2, 0) is 24.4 Å². The monoisotopic (exact) mass is 844 g/mol. The number of aliphatic imine (C=N–C) groups is 1. The van der Waals surface area contributed by atoms with Crippen LogP contribution in [0, 0.1) is 16.7 Å². The van der Waals surface area contributed by atoms with Gasteiger partial charge >= 0.3 is 5.97 Å². The molecule has 12 nitrogen and oxygen atoms in total. The molecule has 1 aliphatic rings. The molecule has 0 saturated heterocycles. The highest BCUT2D eigenvalue weighted by Gasteiger charge is 2.32. The normalized spacial score (nSPS) is 13.3. The number of hydrogen-bond acceptors (Lipinski definition) is 11. The molecule has 0 fully saturated rings. The van der Waals surface area contributed by atoms with Crippen molar-refractivity contribution in [2.75, 3.05) is 26.8 Å². The van der Waals surface area contributed by atoms with Gasteiger partial charge in [-0.3, -0.25) is 14.8 Å². The number of carbonyl (C=O) groups is 1. The van der Waals surface area contributed by atoms with Crippen molar-refractivity contribution in [2.45, 2.75) is 33.0 Å². The lowest BCUT2D eigenvalue weighted by Gasteiger charge is -2.22. The van der Waals surface area contributed by atoms with E-state index in [0.717, 1.165) is 17.9 Å². The van der Waals surface area contributed by atoms with E-state index in [4.69, 9.17) is 42.4 Å². The molecular formula is C40H35BrCl2N6O6. The number of rotatable bonds is 15. The number of nitrogens with one attached hydrogen (secondary N) is 1. The van der Waals surface area contributed by atoms with E-state index >= 15 is 0 Å². The van der Waals surface area contributed by atoms with Crippen LogP contribution >= 0.6 is 39.1 Å². The molecule has 0 radical (unpaired) electrons. The van der Waals surface area contributed by atoms with Gasteiger partial charge < -0.3 is 29.7 Å². The zero-order chi connectivity index (χ0) is 39.1. The van der Waals surface area contributed by atoms with E-state index in [2.05, 4.69) is 42.3 Å². The van der Waals surface area contributed by atoms with Crippen molar-refractivity contribution >= 4 is 50.9 Å². The number of amidine groups is 1. The lowest BCUT2D eigenvalue weighted by atomic mass is 9.85. The number of aryl methyl sites for hydroxylation is 1. The number of carboxylic acids is 1. The van der Waals surface area contributed by atoms with Crippen molar-refractivity contribution in [1.82, 2.24) is 20.3 Å². The number of aromatic nitrogens is 3. The first kappa shape index (κ1) is 39.4. The van der Waals surface area contributed by atoms with Crippen LogP contribution in [0.4, 0.5) is 0 Å². The van der Waals surface area contributed by atoms with Gasteiger partial charge in [0.05, 0.1) is 57.0 Å². The van der Waals surface area contributed by atoms with E-state index in [1.165, 1.54) is 13.1 Å². The van der Waals surface area contributed by atoms with Crippen LogP contribution in [0.3, 0.4) is 0 Å². The lowest BCUT2D eigenvalue weighted by Crippen LogP contribution is -2.32. The molecule has 0 aliphatic carbocycles. The molecule has 55 heavy (non-hydrogen) atoms. The average molecular weight is 847 g/mol. The van der Waals surface area contributed by atoms with Crippen molar-refractivity contribution in [3.8, 4) is 46.1 Å². The minimum absolute atomic E-state index is 0.0300. The molecule has 6 rings (SSSR count). The molecule has 0 amide bonds. The Balaban J connectivity index is 1.26. The second-order valence-corrected chi connectivity index (χ2v) is 14.5. The predicted octanol–water partition coefficient (Wildman–Crippen LogP) is 7.68. The molecule has 1 aliphatic heterocycles.